The van der Waals surface area contributed by atoms with Crippen LogP contribution in [-0.4, -0.2) is 30.1 Å². The molecule has 0 aliphatic carbocycles. The fraction of sp³-hybridized carbons (Fsp3) is 0.750. The Bertz CT molecular complexity index is 240. The lowest BCUT2D eigenvalue weighted by Crippen LogP contribution is -2.63. The van der Waals surface area contributed by atoms with E-state index in [2.05, 4.69) is 5.32 Å². The van der Waals surface area contributed by atoms with Crippen LogP contribution in [0.1, 0.15) is 13.8 Å². The van der Waals surface area contributed by atoms with E-state index < -0.39 is 12.2 Å². The Kier molecular flexibility index (Phi) is 2.56. The Labute approximate surface area is 77.3 Å². The van der Waals surface area contributed by atoms with Gasteiger partial charge in [0, 0.05) is 7.05 Å². The van der Waals surface area contributed by atoms with E-state index in [9.17, 15) is 9.59 Å². The maximum absolute atomic E-state index is 11.4. The summed E-state index contributed by atoms with van der Waals surface area (Å²) >= 11 is 0. The van der Waals surface area contributed by atoms with Gasteiger partial charge in [-0.05, 0) is 5.92 Å². The zero-order valence-electron chi connectivity index (χ0n) is 8.07. The van der Waals surface area contributed by atoms with Crippen LogP contribution in [0.15, 0.2) is 0 Å². The molecule has 3 N–H and O–H groups in total. The first kappa shape index (κ1) is 9.98. The molecule has 1 aliphatic heterocycles. The highest BCUT2D eigenvalue weighted by Gasteiger charge is 2.38. The van der Waals surface area contributed by atoms with Gasteiger partial charge in [-0.25, -0.2) is 4.79 Å². The number of carbonyl (C=O) groups is 2. The number of nitrogens with zero attached hydrogens (tertiary/aromatic N) is 1. The molecule has 13 heavy (non-hydrogen) atoms. The molecule has 2 unspecified atom stereocenters. The Morgan fingerprint density at radius 3 is 2.46 bits per heavy atom. The number of carbonyl (C=O) groups excluding carboxylic acids is 2. The van der Waals surface area contributed by atoms with Gasteiger partial charge in [0.25, 0.3) is 0 Å². The van der Waals surface area contributed by atoms with Gasteiger partial charge in [-0.3, -0.25) is 10.1 Å². The summed E-state index contributed by atoms with van der Waals surface area (Å²) in [6, 6.07) is -0.422. The lowest BCUT2D eigenvalue weighted by Gasteiger charge is -2.37. The minimum Gasteiger partial charge on any atom is -0.311 e. The van der Waals surface area contributed by atoms with Gasteiger partial charge in [-0.1, -0.05) is 13.8 Å². The van der Waals surface area contributed by atoms with Crippen molar-refractivity contribution < 1.29 is 9.59 Å². The number of hydrogen-bond donors (Lipinski definition) is 2. The van der Waals surface area contributed by atoms with Crippen molar-refractivity contribution in [1.29, 1.82) is 0 Å². The molecule has 5 heteroatoms. The molecular formula is C8H15N3O2. The zero-order valence-corrected chi connectivity index (χ0v) is 8.07. The van der Waals surface area contributed by atoms with E-state index >= 15 is 0 Å². The summed E-state index contributed by atoms with van der Waals surface area (Å²) in [5, 5.41) is 2.26. The summed E-state index contributed by atoms with van der Waals surface area (Å²) in [6.45, 7) is 3.82. The summed E-state index contributed by atoms with van der Waals surface area (Å²) in [6.07, 6.45) is -0.513. The number of hydrogen-bond acceptors (Lipinski definition) is 3. The normalized spacial score (nSPS) is 29.5. The molecule has 1 fully saturated rings. The minimum absolute atomic E-state index is 0.130. The van der Waals surface area contributed by atoms with Crippen LogP contribution < -0.4 is 11.1 Å². The van der Waals surface area contributed by atoms with Gasteiger partial charge >= 0.3 is 6.03 Å². The number of urea groups is 1. The predicted molar refractivity (Wildman–Crippen MR) is 47.6 cm³/mol. The van der Waals surface area contributed by atoms with E-state index in [1.54, 1.807) is 7.05 Å². The van der Waals surface area contributed by atoms with Crippen molar-refractivity contribution in [3.05, 3.63) is 0 Å². The van der Waals surface area contributed by atoms with Crippen LogP contribution in [0.5, 0.6) is 0 Å². The molecule has 1 heterocycles. The van der Waals surface area contributed by atoms with Crippen LogP contribution in [0.4, 0.5) is 4.79 Å². The van der Waals surface area contributed by atoms with Gasteiger partial charge in [-0.15, -0.1) is 0 Å². The molecule has 3 amide bonds. The number of rotatable bonds is 1. The summed E-state index contributed by atoms with van der Waals surface area (Å²) < 4.78 is 0. The fourth-order valence-electron chi connectivity index (χ4n) is 1.51. The molecule has 0 bridgehead atoms. The molecule has 0 radical (unpaired) electrons. The summed E-state index contributed by atoms with van der Waals surface area (Å²) in [5.41, 5.74) is 5.75. The summed E-state index contributed by atoms with van der Waals surface area (Å²) in [4.78, 5) is 23.8. The Balaban J connectivity index is 2.85. The number of amides is 3. The highest BCUT2D eigenvalue weighted by atomic mass is 16.2. The topological polar surface area (TPSA) is 75.4 Å². The smallest absolute Gasteiger partial charge is 0.311 e. The first-order valence-electron chi connectivity index (χ1n) is 4.28. The fourth-order valence-corrected chi connectivity index (χ4v) is 1.51. The molecule has 0 aromatic rings. The molecule has 0 spiro atoms. The van der Waals surface area contributed by atoms with Crippen molar-refractivity contribution in [3.8, 4) is 0 Å². The molecule has 5 nitrogen and oxygen atoms in total. The third-order valence-electron chi connectivity index (χ3n) is 2.39. The van der Waals surface area contributed by atoms with Crippen LogP contribution in [-0.2, 0) is 4.79 Å². The van der Waals surface area contributed by atoms with E-state index in [1.807, 2.05) is 13.8 Å². The SMILES string of the molecule is CC(C)C1C(=O)NC(=O)N(C)C1N. The standard InChI is InChI=1S/C8H15N3O2/c1-4(2)5-6(9)11(3)8(13)10-7(5)12/h4-6H,9H2,1-3H3,(H,10,12,13). The monoisotopic (exact) mass is 185 g/mol. The van der Waals surface area contributed by atoms with Crippen LogP contribution >= 0.6 is 0 Å². The van der Waals surface area contributed by atoms with E-state index in [0.29, 0.717) is 0 Å². The van der Waals surface area contributed by atoms with Gasteiger partial charge in [0.1, 0.15) is 0 Å². The molecule has 74 valence electrons. The lowest BCUT2D eigenvalue weighted by atomic mass is 9.90. The summed E-state index contributed by atoms with van der Waals surface area (Å²) in [5.74, 6) is -0.459. The number of nitrogens with two attached hydrogens (primary N) is 1. The number of nitrogens with one attached hydrogen (secondary N) is 1. The molecule has 0 aromatic heterocycles. The van der Waals surface area contributed by atoms with Crippen molar-refractivity contribution in [1.82, 2.24) is 10.2 Å². The van der Waals surface area contributed by atoms with Crippen molar-refractivity contribution in [3.63, 3.8) is 0 Å². The lowest BCUT2D eigenvalue weighted by molar-refractivity contribution is -0.129. The molecule has 0 aromatic carbocycles. The molecule has 0 saturated carbocycles. The van der Waals surface area contributed by atoms with Crippen LogP contribution in [0.3, 0.4) is 0 Å². The Morgan fingerprint density at radius 1 is 1.46 bits per heavy atom. The van der Waals surface area contributed by atoms with Gasteiger partial charge < -0.3 is 10.6 Å². The van der Waals surface area contributed by atoms with Crippen molar-refractivity contribution in [2.45, 2.75) is 20.0 Å². The molecule has 1 saturated heterocycles. The predicted octanol–water partition coefficient (Wildman–Crippen LogP) is -0.275. The van der Waals surface area contributed by atoms with Gasteiger partial charge in [0.2, 0.25) is 5.91 Å². The van der Waals surface area contributed by atoms with Crippen molar-refractivity contribution in [2.75, 3.05) is 7.05 Å². The second-order valence-corrected chi connectivity index (χ2v) is 3.67. The maximum Gasteiger partial charge on any atom is 0.325 e. The molecular weight excluding hydrogens is 170 g/mol. The van der Waals surface area contributed by atoms with Gasteiger partial charge in [0.15, 0.2) is 0 Å². The number of imide groups is 1. The van der Waals surface area contributed by atoms with Gasteiger partial charge in [0.05, 0.1) is 12.1 Å². The van der Waals surface area contributed by atoms with Crippen molar-refractivity contribution >= 4 is 11.9 Å². The quantitative estimate of drug-likeness (QED) is 0.590. The average Bonchev–Trinajstić information content (AvgIpc) is 1.99. The maximum atomic E-state index is 11.4. The second-order valence-electron chi connectivity index (χ2n) is 3.67. The highest BCUT2D eigenvalue weighted by Crippen LogP contribution is 2.19. The van der Waals surface area contributed by atoms with E-state index in [0.717, 1.165) is 0 Å². The Hall–Kier alpha value is -1.10. The second kappa shape index (κ2) is 3.33. The molecule has 2 atom stereocenters. The van der Waals surface area contributed by atoms with Crippen LogP contribution in [0, 0.1) is 11.8 Å². The van der Waals surface area contributed by atoms with E-state index in [4.69, 9.17) is 5.73 Å². The first-order valence-corrected chi connectivity index (χ1v) is 4.28. The Morgan fingerprint density at radius 2 is 2.00 bits per heavy atom. The molecule has 1 rings (SSSR count). The average molecular weight is 185 g/mol. The van der Waals surface area contributed by atoms with E-state index in [1.165, 1.54) is 4.90 Å². The molecule has 1 aliphatic rings. The zero-order chi connectivity index (χ0) is 10.2. The van der Waals surface area contributed by atoms with Crippen LogP contribution in [0.2, 0.25) is 0 Å². The van der Waals surface area contributed by atoms with Crippen LogP contribution in [0.25, 0.3) is 0 Å². The third kappa shape index (κ3) is 1.65. The van der Waals surface area contributed by atoms with E-state index in [-0.39, 0.29) is 17.7 Å². The van der Waals surface area contributed by atoms with Crippen molar-refractivity contribution in [2.24, 2.45) is 17.6 Å². The van der Waals surface area contributed by atoms with Gasteiger partial charge in [-0.2, -0.15) is 0 Å². The minimum atomic E-state index is -0.513. The highest BCUT2D eigenvalue weighted by molar-refractivity contribution is 5.98. The first-order chi connectivity index (χ1) is 5.95. The summed E-state index contributed by atoms with van der Waals surface area (Å²) in [7, 11) is 1.59. The largest absolute Gasteiger partial charge is 0.325 e. The third-order valence-corrected chi connectivity index (χ3v) is 2.39.